The molecule has 0 saturated heterocycles. The van der Waals surface area contributed by atoms with Gasteiger partial charge in [0.05, 0.1) is 29.8 Å². The number of benzene rings is 1. The number of fused-ring (bicyclic) bond motifs is 3. The Labute approximate surface area is 139 Å². The summed E-state index contributed by atoms with van der Waals surface area (Å²) in [5.74, 6) is -0.521. The molecule has 4 rings (SSSR count). The van der Waals surface area contributed by atoms with Gasteiger partial charge in [0.1, 0.15) is 0 Å². The largest absolute Gasteiger partial charge is 0.465 e. The summed E-state index contributed by atoms with van der Waals surface area (Å²) in [6, 6.07) is 14.7. The molecule has 0 radical (unpaired) electrons. The lowest BCUT2D eigenvalue weighted by atomic mass is 10.1. The maximum atomic E-state index is 12.9. The van der Waals surface area contributed by atoms with Gasteiger partial charge in [-0.25, -0.2) is 4.79 Å². The molecule has 120 valence electrons. The molecule has 0 saturated carbocycles. The van der Waals surface area contributed by atoms with Gasteiger partial charge in [-0.15, -0.1) is 0 Å². The molecule has 1 aliphatic rings. The van der Waals surface area contributed by atoms with Crippen LogP contribution in [-0.2, 0) is 17.8 Å². The van der Waals surface area contributed by atoms with Crippen LogP contribution >= 0.6 is 0 Å². The average Bonchev–Trinajstić information content (AvgIpc) is 3.25. The Morgan fingerprint density at radius 2 is 1.83 bits per heavy atom. The van der Waals surface area contributed by atoms with Gasteiger partial charge in [-0.1, -0.05) is 30.3 Å². The van der Waals surface area contributed by atoms with Crippen LogP contribution in [0.2, 0.25) is 0 Å². The minimum absolute atomic E-state index is 0.0907. The fraction of sp³-hybridized carbons (Fsp3) is 0.158. The summed E-state index contributed by atoms with van der Waals surface area (Å²) in [6.45, 7) is 1.40. The predicted molar refractivity (Wildman–Crippen MR) is 89.1 cm³/mol. The number of ketones is 1. The van der Waals surface area contributed by atoms with Gasteiger partial charge in [0.2, 0.25) is 5.78 Å². The summed E-state index contributed by atoms with van der Waals surface area (Å²) < 4.78 is 8.93. The maximum absolute atomic E-state index is 12.9. The molecule has 1 aromatic carbocycles. The van der Waals surface area contributed by atoms with Crippen molar-refractivity contribution in [2.24, 2.45) is 0 Å². The van der Waals surface area contributed by atoms with Gasteiger partial charge in [0.25, 0.3) is 0 Å². The van der Waals surface area contributed by atoms with Gasteiger partial charge in [0, 0.05) is 24.8 Å². The molecule has 0 fully saturated rings. The van der Waals surface area contributed by atoms with Gasteiger partial charge >= 0.3 is 5.97 Å². The van der Waals surface area contributed by atoms with Crippen molar-refractivity contribution in [1.29, 1.82) is 0 Å². The fourth-order valence-corrected chi connectivity index (χ4v) is 3.28. The van der Waals surface area contributed by atoms with E-state index in [1.54, 1.807) is 18.2 Å². The Bertz CT molecular complexity index is 935. The normalized spacial score (nSPS) is 12.4. The van der Waals surface area contributed by atoms with Gasteiger partial charge in [-0.05, 0) is 18.2 Å². The number of rotatable bonds is 3. The van der Waals surface area contributed by atoms with E-state index < -0.39 is 5.97 Å². The summed E-state index contributed by atoms with van der Waals surface area (Å²) in [6.07, 6.45) is 1.98. The number of carbonyl (C=O) groups excluding carboxylic acids is 2. The van der Waals surface area contributed by atoms with Crippen molar-refractivity contribution in [3.63, 3.8) is 0 Å². The molecule has 0 atom stereocenters. The molecule has 0 spiro atoms. The van der Waals surface area contributed by atoms with E-state index >= 15 is 0 Å². The number of esters is 1. The molecule has 0 aliphatic carbocycles. The molecular formula is C19H16N2O3. The van der Waals surface area contributed by atoms with Crippen molar-refractivity contribution in [1.82, 2.24) is 9.13 Å². The molecular weight excluding hydrogens is 304 g/mol. The number of aryl methyl sites for hydroxylation is 1. The lowest BCUT2D eigenvalue weighted by molar-refractivity contribution is 0.0601. The summed E-state index contributed by atoms with van der Waals surface area (Å²) in [5.41, 5.74) is 3.22. The Morgan fingerprint density at radius 1 is 1.04 bits per heavy atom. The van der Waals surface area contributed by atoms with E-state index in [-0.39, 0.29) is 5.78 Å². The van der Waals surface area contributed by atoms with Crippen LogP contribution in [0.3, 0.4) is 0 Å². The third-order valence-corrected chi connectivity index (χ3v) is 4.41. The van der Waals surface area contributed by atoms with E-state index in [0.717, 1.165) is 17.9 Å². The van der Waals surface area contributed by atoms with Gasteiger partial charge in [-0.3, -0.25) is 4.79 Å². The Morgan fingerprint density at radius 3 is 2.58 bits per heavy atom. The monoisotopic (exact) mass is 320 g/mol. The second-order valence-electron chi connectivity index (χ2n) is 5.72. The highest BCUT2D eigenvalue weighted by Crippen LogP contribution is 2.33. The third-order valence-electron chi connectivity index (χ3n) is 4.41. The SMILES string of the molecule is COC(=O)c1cc(C(=O)c2ccccc2)n2c1-c1cccn1CC2. The van der Waals surface area contributed by atoms with Gasteiger partial charge < -0.3 is 13.9 Å². The number of hydrogen-bond donors (Lipinski definition) is 0. The summed E-state index contributed by atoms with van der Waals surface area (Å²) in [4.78, 5) is 25.1. The topological polar surface area (TPSA) is 53.2 Å². The second-order valence-corrected chi connectivity index (χ2v) is 5.72. The van der Waals surface area contributed by atoms with Crippen molar-refractivity contribution in [3.8, 4) is 11.4 Å². The summed E-state index contributed by atoms with van der Waals surface area (Å²) in [7, 11) is 1.35. The molecule has 0 bridgehead atoms. The van der Waals surface area contributed by atoms with E-state index in [1.807, 2.05) is 41.1 Å². The van der Waals surface area contributed by atoms with Gasteiger partial charge in [0.15, 0.2) is 0 Å². The number of nitrogens with zero attached hydrogens (tertiary/aromatic N) is 2. The van der Waals surface area contributed by atoms with Crippen LogP contribution in [0.5, 0.6) is 0 Å². The predicted octanol–water partition coefficient (Wildman–Crippen LogP) is 2.99. The first-order chi connectivity index (χ1) is 11.7. The Kier molecular flexibility index (Phi) is 3.34. The highest BCUT2D eigenvalue weighted by atomic mass is 16.5. The average molecular weight is 320 g/mol. The molecule has 1 aliphatic heterocycles. The van der Waals surface area contributed by atoms with Crippen molar-refractivity contribution in [3.05, 3.63) is 71.5 Å². The van der Waals surface area contributed by atoms with Crippen LogP contribution < -0.4 is 0 Å². The molecule has 24 heavy (non-hydrogen) atoms. The zero-order valence-corrected chi connectivity index (χ0v) is 13.2. The number of hydrogen-bond acceptors (Lipinski definition) is 3. The first-order valence-electron chi connectivity index (χ1n) is 7.78. The highest BCUT2D eigenvalue weighted by Gasteiger charge is 2.29. The van der Waals surface area contributed by atoms with Gasteiger partial charge in [-0.2, -0.15) is 0 Å². The molecule has 5 heteroatoms. The minimum atomic E-state index is -0.430. The summed E-state index contributed by atoms with van der Waals surface area (Å²) in [5, 5.41) is 0. The number of methoxy groups -OCH3 is 1. The van der Waals surface area contributed by atoms with Crippen LogP contribution in [0.4, 0.5) is 0 Å². The van der Waals surface area contributed by atoms with Crippen molar-refractivity contribution in [2.45, 2.75) is 13.1 Å². The van der Waals surface area contributed by atoms with Crippen molar-refractivity contribution < 1.29 is 14.3 Å². The van der Waals surface area contributed by atoms with Crippen molar-refractivity contribution >= 4 is 11.8 Å². The van der Waals surface area contributed by atoms with E-state index in [0.29, 0.717) is 23.4 Å². The van der Waals surface area contributed by atoms with Crippen molar-refractivity contribution in [2.75, 3.05) is 7.11 Å². The molecule has 3 heterocycles. The summed E-state index contributed by atoms with van der Waals surface area (Å²) >= 11 is 0. The minimum Gasteiger partial charge on any atom is -0.465 e. The van der Waals surface area contributed by atoms with E-state index in [9.17, 15) is 9.59 Å². The third kappa shape index (κ3) is 2.09. The van der Waals surface area contributed by atoms with Crippen LogP contribution in [0.15, 0.2) is 54.7 Å². The maximum Gasteiger partial charge on any atom is 0.340 e. The molecule has 0 unspecified atom stereocenters. The second kappa shape index (κ2) is 5.53. The van der Waals surface area contributed by atoms with E-state index in [4.69, 9.17) is 4.74 Å². The molecule has 0 amide bonds. The van der Waals surface area contributed by atoms with Crippen LogP contribution in [-0.4, -0.2) is 28.0 Å². The highest BCUT2D eigenvalue weighted by molar-refractivity contribution is 6.10. The van der Waals surface area contributed by atoms with Crippen LogP contribution in [0, 0.1) is 0 Å². The van der Waals surface area contributed by atoms with Crippen LogP contribution in [0.1, 0.15) is 26.4 Å². The Balaban J connectivity index is 1.92. The number of aromatic nitrogens is 2. The number of carbonyl (C=O) groups is 2. The molecule has 2 aromatic heterocycles. The quantitative estimate of drug-likeness (QED) is 0.551. The molecule has 3 aromatic rings. The zero-order valence-electron chi connectivity index (χ0n) is 13.2. The number of ether oxygens (including phenoxy) is 1. The van der Waals surface area contributed by atoms with E-state index in [2.05, 4.69) is 4.57 Å². The first kappa shape index (κ1) is 14.5. The lowest BCUT2D eigenvalue weighted by Gasteiger charge is -2.21. The smallest absolute Gasteiger partial charge is 0.340 e. The fourth-order valence-electron chi connectivity index (χ4n) is 3.28. The standard InChI is InChI=1S/C19H16N2O3/c1-24-19(23)14-12-16(18(22)13-6-3-2-4-7-13)21-11-10-20-9-5-8-15(20)17(14)21/h2-9,12H,10-11H2,1H3. The lowest BCUT2D eigenvalue weighted by Crippen LogP contribution is -2.20. The zero-order chi connectivity index (χ0) is 16.7. The molecule has 0 N–H and O–H groups in total. The van der Waals surface area contributed by atoms with Crippen LogP contribution in [0.25, 0.3) is 11.4 Å². The molecule has 5 nitrogen and oxygen atoms in total. The Hall–Kier alpha value is -3.08. The first-order valence-corrected chi connectivity index (χ1v) is 7.78. The van der Waals surface area contributed by atoms with E-state index in [1.165, 1.54) is 7.11 Å².